The number of rotatable bonds is 6. The van der Waals surface area contributed by atoms with Crippen molar-refractivity contribution in [3.63, 3.8) is 0 Å². The van der Waals surface area contributed by atoms with Gasteiger partial charge < -0.3 is 20.1 Å². The fraction of sp³-hybridized carbons (Fsp3) is 0.316. The summed E-state index contributed by atoms with van der Waals surface area (Å²) < 4.78 is 6.02. The van der Waals surface area contributed by atoms with E-state index in [-0.39, 0.29) is 24.8 Å². The number of nitrogens with zero attached hydrogens (tertiary/aromatic N) is 1. The molecular formula is C19H24N2O3. The molecule has 128 valence electrons. The van der Waals surface area contributed by atoms with Crippen LogP contribution in [0.2, 0.25) is 0 Å². The minimum Gasteiger partial charge on any atom is -0.484 e. The average molecular weight is 328 g/mol. The molecule has 0 aromatic heterocycles. The Labute approximate surface area is 142 Å². The monoisotopic (exact) mass is 328 g/mol. The summed E-state index contributed by atoms with van der Waals surface area (Å²) in [7, 11) is 1.65. The summed E-state index contributed by atoms with van der Waals surface area (Å²) in [5.74, 6) is 0.604. The molecule has 0 aliphatic carbocycles. The number of carbonyl (C=O) groups is 1. The van der Waals surface area contributed by atoms with Crippen molar-refractivity contribution in [3.8, 4) is 5.75 Å². The Hall–Kier alpha value is -2.53. The summed E-state index contributed by atoms with van der Waals surface area (Å²) in [5.41, 5.74) is 1.66. The number of urea groups is 1. The summed E-state index contributed by atoms with van der Waals surface area (Å²) in [6.07, 6.45) is -0.140. The van der Waals surface area contributed by atoms with E-state index in [0.717, 1.165) is 5.56 Å². The first-order valence-corrected chi connectivity index (χ1v) is 7.98. The van der Waals surface area contributed by atoms with Gasteiger partial charge in [-0.1, -0.05) is 42.5 Å². The Morgan fingerprint density at radius 3 is 2.42 bits per heavy atom. The third-order valence-electron chi connectivity index (χ3n) is 3.95. The van der Waals surface area contributed by atoms with Crippen LogP contribution >= 0.6 is 0 Å². The van der Waals surface area contributed by atoms with E-state index >= 15 is 0 Å². The molecule has 2 aromatic rings. The number of para-hydroxylation sites is 2. The molecular weight excluding hydrogens is 304 g/mol. The van der Waals surface area contributed by atoms with Crippen LogP contribution in [0.15, 0.2) is 54.6 Å². The number of nitrogens with one attached hydrogen (secondary N) is 1. The molecule has 0 saturated carbocycles. The number of hydrogen-bond donors (Lipinski definition) is 2. The van der Waals surface area contributed by atoms with Crippen LogP contribution in [0.5, 0.6) is 5.75 Å². The number of aliphatic hydroxyl groups is 1. The lowest BCUT2D eigenvalue weighted by atomic mass is 10.1. The summed E-state index contributed by atoms with van der Waals surface area (Å²) >= 11 is 0. The van der Waals surface area contributed by atoms with Crippen LogP contribution in [0.1, 0.15) is 25.5 Å². The molecule has 2 unspecified atom stereocenters. The standard InChI is InChI=1S/C19H24N2O3/c1-14(13-22)21(3)19(23)20-17-11-7-8-12-18(17)24-15(2)16-9-5-4-6-10-16/h4-12,14-15,22H,13H2,1-3H3,(H,20,23). The Balaban J connectivity index is 2.11. The second-order valence-electron chi connectivity index (χ2n) is 5.74. The summed E-state index contributed by atoms with van der Waals surface area (Å²) in [6.45, 7) is 3.65. The number of carbonyl (C=O) groups excluding carboxylic acids is 1. The molecule has 0 bridgehead atoms. The quantitative estimate of drug-likeness (QED) is 0.850. The Morgan fingerprint density at radius 2 is 1.75 bits per heavy atom. The molecule has 0 fully saturated rings. The smallest absolute Gasteiger partial charge is 0.322 e. The Kier molecular flexibility index (Phi) is 6.21. The highest BCUT2D eigenvalue weighted by atomic mass is 16.5. The summed E-state index contributed by atoms with van der Waals surface area (Å²) in [6, 6.07) is 16.7. The Morgan fingerprint density at radius 1 is 1.12 bits per heavy atom. The zero-order valence-electron chi connectivity index (χ0n) is 14.3. The maximum atomic E-state index is 12.3. The second kappa shape index (κ2) is 8.36. The van der Waals surface area contributed by atoms with E-state index in [9.17, 15) is 9.90 Å². The van der Waals surface area contributed by atoms with Crippen molar-refractivity contribution in [2.75, 3.05) is 19.0 Å². The lowest BCUT2D eigenvalue weighted by molar-refractivity contribution is 0.166. The topological polar surface area (TPSA) is 61.8 Å². The van der Waals surface area contributed by atoms with Crippen LogP contribution < -0.4 is 10.1 Å². The predicted octanol–water partition coefficient (Wildman–Crippen LogP) is 3.67. The summed E-state index contributed by atoms with van der Waals surface area (Å²) in [5, 5.41) is 12.0. The molecule has 5 heteroatoms. The molecule has 0 saturated heterocycles. The van der Waals surface area contributed by atoms with Gasteiger partial charge in [-0.2, -0.15) is 0 Å². The minimum absolute atomic E-state index is 0.0902. The molecule has 24 heavy (non-hydrogen) atoms. The molecule has 2 aromatic carbocycles. The minimum atomic E-state index is -0.292. The third-order valence-corrected chi connectivity index (χ3v) is 3.95. The molecule has 2 atom stereocenters. The van der Waals surface area contributed by atoms with Crippen molar-refractivity contribution < 1.29 is 14.6 Å². The van der Waals surface area contributed by atoms with Gasteiger partial charge in [0.1, 0.15) is 11.9 Å². The first-order valence-electron chi connectivity index (χ1n) is 7.98. The van der Waals surface area contributed by atoms with Gasteiger partial charge in [-0.15, -0.1) is 0 Å². The van der Waals surface area contributed by atoms with Gasteiger partial charge >= 0.3 is 6.03 Å². The van der Waals surface area contributed by atoms with Crippen LogP contribution in [0.25, 0.3) is 0 Å². The normalized spacial score (nSPS) is 13.0. The highest BCUT2D eigenvalue weighted by molar-refractivity contribution is 5.91. The van der Waals surface area contributed by atoms with Gasteiger partial charge in [-0.25, -0.2) is 4.79 Å². The van der Waals surface area contributed by atoms with Gasteiger partial charge in [-0.3, -0.25) is 0 Å². The number of ether oxygens (including phenoxy) is 1. The van der Waals surface area contributed by atoms with Crippen molar-refractivity contribution >= 4 is 11.7 Å². The lowest BCUT2D eigenvalue weighted by Gasteiger charge is -2.24. The zero-order valence-corrected chi connectivity index (χ0v) is 14.3. The molecule has 2 rings (SSSR count). The van der Waals surface area contributed by atoms with Crippen molar-refractivity contribution in [1.82, 2.24) is 4.90 Å². The molecule has 0 aliphatic heterocycles. The number of likely N-dealkylation sites (N-methyl/N-ethyl adjacent to an activating group) is 1. The van der Waals surface area contributed by atoms with Crippen molar-refractivity contribution in [1.29, 1.82) is 0 Å². The van der Waals surface area contributed by atoms with Gasteiger partial charge in [0.2, 0.25) is 0 Å². The van der Waals surface area contributed by atoms with Crippen molar-refractivity contribution in [2.45, 2.75) is 26.0 Å². The third kappa shape index (κ3) is 4.49. The van der Waals surface area contributed by atoms with Crippen LogP contribution in [-0.2, 0) is 0 Å². The molecule has 0 spiro atoms. The lowest BCUT2D eigenvalue weighted by Crippen LogP contribution is -2.40. The number of anilines is 1. The van der Waals surface area contributed by atoms with Crippen LogP contribution in [0, 0.1) is 0 Å². The summed E-state index contributed by atoms with van der Waals surface area (Å²) in [4.78, 5) is 13.7. The number of hydrogen-bond acceptors (Lipinski definition) is 3. The van der Waals surface area contributed by atoms with E-state index in [1.807, 2.05) is 55.5 Å². The van der Waals surface area contributed by atoms with E-state index in [4.69, 9.17) is 4.74 Å². The fourth-order valence-electron chi connectivity index (χ4n) is 2.18. The number of benzene rings is 2. The van der Waals surface area contributed by atoms with Crippen molar-refractivity contribution in [2.24, 2.45) is 0 Å². The molecule has 0 radical (unpaired) electrons. The maximum Gasteiger partial charge on any atom is 0.322 e. The SMILES string of the molecule is CC(Oc1ccccc1NC(=O)N(C)C(C)CO)c1ccccc1. The van der Waals surface area contributed by atoms with E-state index in [1.165, 1.54) is 4.90 Å². The highest BCUT2D eigenvalue weighted by Gasteiger charge is 2.17. The van der Waals surface area contributed by atoms with Gasteiger partial charge in [-0.05, 0) is 31.5 Å². The van der Waals surface area contributed by atoms with Crippen LogP contribution in [0.4, 0.5) is 10.5 Å². The van der Waals surface area contributed by atoms with E-state index in [0.29, 0.717) is 11.4 Å². The van der Waals surface area contributed by atoms with E-state index in [1.54, 1.807) is 20.0 Å². The molecule has 0 heterocycles. The molecule has 0 aliphatic rings. The second-order valence-corrected chi connectivity index (χ2v) is 5.74. The first kappa shape index (κ1) is 17.8. The molecule has 5 nitrogen and oxygen atoms in total. The van der Waals surface area contributed by atoms with Crippen molar-refractivity contribution in [3.05, 3.63) is 60.2 Å². The largest absolute Gasteiger partial charge is 0.484 e. The molecule has 2 N–H and O–H groups in total. The zero-order chi connectivity index (χ0) is 17.5. The van der Waals surface area contributed by atoms with Gasteiger partial charge in [0.15, 0.2) is 0 Å². The van der Waals surface area contributed by atoms with Crippen LogP contribution in [0.3, 0.4) is 0 Å². The predicted molar refractivity (Wildman–Crippen MR) is 95.3 cm³/mol. The van der Waals surface area contributed by atoms with E-state index in [2.05, 4.69) is 5.32 Å². The average Bonchev–Trinajstić information content (AvgIpc) is 2.62. The van der Waals surface area contributed by atoms with Gasteiger partial charge in [0.25, 0.3) is 0 Å². The van der Waals surface area contributed by atoms with Gasteiger partial charge in [0.05, 0.1) is 18.3 Å². The maximum absolute atomic E-state index is 12.3. The van der Waals surface area contributed by atoms with Gasteiger partial charge in [0, 0.05) is 7.05 Å². The molecule has 2 amide bonds. The van der Waals surface area contributed by atoms with Crippen LogP contribution in [-0.4, -0.2) is 35.7 Å². The number of aliphatic hydroxyl groups excluding tert-OH is 1. The fourth-order valence-corrected chi connectivity index (χ4v) is 2.18. The number of amides is 2. The first-order chi connectivity index (χ1) is 11.5. The highest BCUT2D eigenvalue weighted by Crippen LogP contribution is 2.29. The van der Waals surface area contributed by atoms with E-state index < -0.39 is 0 Å². The Bertz CT molecular complexity index is 661.